The van der Waals surface area contributed by atoms with Crippen LogP contribution >= 0.6 is 0 Å². The van der Waals surface area contributed by atoms with Gasteiger partial charge in [-0.15, -0.1) is 0 Å². The molecule has 1 amide bonds. The van der Waals surface area contributed by atoms with Crippen molar-refractivity contribution in [1.82, 2.24) is 4.90 Å². The highest BCUT2D eigenvalue weighted by Gasteiger charge is 2.26. The zero-order valence-corrected chi connectivity index (χ0v) is 12.5. The van der Waals surface area contributed by atoms with Gasteiger partial charge in [-0.05, 0) is 43.2 Å². The molecule has 0 N–H and O–H groups in total. The molecular weight excluding hydrogens is 304 g/mol. The fourth-order valence-electron chi connectivity index (χ4n) is 2.68. The van der Waals surface area contributed by atoms with Crippen molar-refractivity contribution < 1.29 is 22.7 Å². The highest BCUT2D eigenvalue weighted by molar-refractivity contribution is 5.91. The van der Waals surface area contributed by atoms with E-state index in [1.54, 1.807) is 17.0 Å². The van der Waals surface area contributed by atoms with Crippen molar-refractivity contribution in [3.05, 3.63) is 59.6 Å². The number of hydrogen-bond acceptors (Lipinski definition) is 3. The van der Waals surface area contributed by atoms with Gasteiger partial charge in [0.25, 0.3) is 5.91 Å². The van der Waals surface area contributed by atoms with Crippen LogP contribution in [-0.2, 0) is 11.3 Å². The predicted octanol–water partition coefficient (Wildman–Crippen LogP) is 3.38. The molecule has 1 unspecified atom stereocenters. The van der Waals surface area contributed by atoms with Gasteiger partial charge >= 0.3 is 0 Å². The minimum atomic E-state index is -0.497. The van der Waals surface area contributed by atoms with Crippen LogP contribution in [0.3, 0.4) is 0 Å². The Morgan fingerprint density at radius 3 is 3.00 bits per heavy atom. The zero-order valence-electron chi connectivity index (χ0n) is 12.5. The number of halogens is 2. The maximum absolute atomic E-state index is 13.6. The van der Waals surface area contributed by atoms with Crippen LogP contribution < -0.4 is 0 Å². The van der Waals surface area contributed by atoms with Gasteiger partial charge in [-0.1, -0.05) is 0 Å². The first-order valence-corrected chi connectivity index (χ1v) is 7.52. The third-order valence-corrected chi connectivity index (χ3v) is 3.88. The number of amides is 1. The van der Waals surface area contributed by atoms with Gasteiger partial charge in [0, 0.05) is 18.7 Å². The van der Waals surface area contributed by atoms with E-state index in [1.807, 2.05) is 0 Å². The molecule has 0 bridgehead atoms. The fraction of sp³-hybridized carbons (Fsp3) is 0.353. The van der Waals surface area contributed by atoms with E-state index in [4.69, 9.17) is 9.15 Å². The number of carbonyl (C=O) groups is 1. The third kappa shape index (κ3) is 3.76. The van der Waals surface area contributed by atoms with Gasteiger partial charge in [0.1, 0.15) is 11.6 Å². The highest BCUT2D eigenvalue weighted by atomic mass is 19.1. The lowest BCUT2D eigenvalue weighted by Crippen LogP contribution is -2.43. The summed E-state index contributed by atoms with van der Waals surface area (Å²) in [6, 6.07) is 6.57. The molecule has 4 nitrogen and oxygen atoms in total. The standard InChI is InChI=1S/C17H17F2NO3/c18-13-5-6-15(19)12(9-13)11-23-14-3-1-7-20(10-14)17(21)16-4-2-8-22-16/h2,4-6,8-9,14H,1,3,7,10-11H2. The fourth-order valence-corrected chi connectivity index (χ4v) is 2.68. The van der Waals surface area contributed by atoms with Crippen LogP contribution in [0, 0.1) is 11.6 Å². The van der Waals surface area contributed by atoms with Crippen LogP contribution in [0.4, 0.5) is 8.78 Å². The predicted molar refractivity (Wildman–Crippen MR) is 78.8 cm³/mol. The summed E-state index contributed by atoms with van der Waals surface area (Å²) >= 11 is 0. The Hall–Kier alpha value is -2.21. The molecule has 0 radical (unpaired) electrons. The SMILES string of the molecule is O=C(c1ccco1)N1CCCC(OCc2cc(F)ccc2F)C1. The second kappa shape index (κ2) is 6.91. The summed E-state index contributed by atoms with van der Waals surface area (Å²) < 4.78 is 37.5. The monoisotopic (exact) mass is 321 g/mol. The Balaban J connectivity index is 1.58. The molecule has 1 aliphatic rings. The van der Waals surface area contributed by atoms with E-state index >= 15 is 0 Å². The molecule has 3 rings (SSSR count). The van der Waals surface area contributed by atoms with Crippen molar-refractivity contribution >= 4 is 5.91 Å². The van der Waals surface area contributed by atoms with E-state index < -0.39 is 11.6 Å². The molecule has 2 heterocycles. The summed E-state index contributed by atoms with van der Waals surface area (Å²) in [5.41, 5.74) is 0.180. The summed E-state index contributed by atoms with van der Waals surface area (Å²) in [6.45, 7) is 1.03. The molecule has 122 valence electrons. The van der Waals surface area contributed by atoms with Gasteiger partial charge in [0.2, 0.25) is 0 Å². The van der Waals surface area contributed by atoms with Crippen LogP contribution in [0.25, 0.3) is 0 Å². The van der Waals surface area contributed by atoms with Gasteiger partial charge in [-0.25, -0.2) is 8.78 Å². The van der Waals surface area contributed by atoms with E-state index in [-0.39, 0.29) is 24.2 Å². The maximum atomic E-state index is 13.6. The lowest BCUT2D eigenvalue weighted by Gasteiger charge is -2.32. The molecule has 1 saturated heterocycles. The Morgan fingerprint density at radius 1 is 1.35 bits per heavy atom. The van der Waals surface area contributed by atoms with Crippen molar-refractivity contribution in [2.45, 2.75) is 25.6 Å². The van der Waals surface area contributed by atoms with Crippen molar-refractivity contribution in [3.8, 4) is 0 Å². The summed E-state index contributed by atoms with van der Waals surface area (Å²) in [5, 5.41) is 0. The number of piperidine rings is 1. The van der Waals surface area contributed by atoms with E-state index in [2.05, 4.69) is 0 Å². The maximum Gasteiger partial charge on any atom is 0.289 e. The number of rotatable bonds is 4. The number of ether oxygens (including phenoxy) is 1. The first-order chi connectivity index (χ1) is 11.1. The number of benzene rings is 1. The van der Waals surface area contributed by atoms with E-state index in [1.165, 1.54) is 6.26 Å². The second-order valence-corrected chi connectivity index (χ2v) is 5.54. The molecule has 1 aliphatic heterocycles. The molecule has 2 aromatic rings. The summed E-state index contributed by atoms with van der Waals surface area (Å²) in [7, 11) is 0. The minimum Gasteiger partial charge on any atom is -0.459 e. The van der Waals surface area contributed by atoms with Gasteiger partial charge in [0.05, 0.1) is 19.0 Å². The van der Waals surface area contributed by atoms with Gasteiger partial charge < -0.3 is 14.1 Å². The number of carbonyl (C=O) groups excluding carboxylic acids is 1. The minimum absolute atomic E-state index is 0.0168. The van der Waals surface area contributed by atoms with Crippen molar-refractivity contribution in [2.24, 2.45) is 0 Å². The molecule has 0 spiro atoms. The molecule has 0 saturated carbocycles. The molecule has 23 heavy (non-hydrogen) atoms. The van der Waals surface area contributed by atoms with Gasteiger partial charge in [-0.2, -0.15) is 0 Å². The largest absolute Gasteiger partial charge is 0.459 e. The van der Waals surface area contributed by atoms with Crippen LogP contribution in [0.2, 0.25) is 0 Å². The third-order valence-electron chi connectivity index (χ3n) is 3.88. The molecule has 0 aliphatic carbocycles. The van der Waals surface area contributed by atoms with Crippen molar-refractivity contribution in [3.63, 3.8) is 0 Å². The first-order valence-electron chi connectivity index (χ1n) is 7.52. The molecule has 1 aromatic heterocycles. The zero-order chi connectivity index (χ0) is 16.2. The first kappa shape index (κ1) is 15.7. The number of likely N-dealkylation sites (tertiary alicyclic amines) is 1. The average molecular weight is 321 g/mol. The number of nitrogens with zero attached hydrogens (tertiary/aromatic N) is 1. The number of furan rings is 1. The Morgan fingerprint density at radius 2 is 2.22 bits per heavy atom. The summed E-state index contributed by atoms with van der Waals surface area (Å²) in [5.74, 6) is -0.879. The van der Waals surface area contributed by atoms with Crippen LogP contribution in [0.15, 0.2) is 41.0 Å². The Bertz CT molecular complexity index is 672. The molecular formula is C17H17F2NO3. The van der Waals surface area contributed by atoms with Gasteiger partial charge in [0.15, 0.2) is 5.76 Å². The molecule has 6 heteroatoms. The number of hydrogen-bond donors (Lipinski definition) is 0. The van der Waals surface area contributed by atoms with E-state index in [9.17, 15) is 13.6 Å². The van der Waals surface area contributed by atoms with Crippen molar-refractivity contribution in [2.75, 3.05) is 13.1 Å². The van der Waals surface area contributed by atoms with Crippen LogP contribution in [0.5, 0.6) is 0 Å². The Labute approximate surface area is 132 Å². The Kier molecular flexibility index (Phi) is 4.71. The lowest BCUT2D eigenvalue weighted by molar-refractivity contribution is -0.00848. The summed E-state index contributed by atoms with van der Waals surface area (Å²) in [4.78, 5) is 13.9. The van der Waals surface area contributed by atoms with E-state index in [0.29, 0.717) is 18.8 Å². The van der Waals surface area contributed by atoms with Crippen LogP contribution in [0.1, 0.15) is 29.0 Å². The van der Waals surface area contributed by atoms with Crippen molar-refractivity contribution in [1.29, 1.82) is 0 Å². The molecule has 1 aromatic carbocycles. The van der Waals surface area contributed by atoms with Gasteiger partial charge in [-0.3, -0.25) is 4.79 Å². The quantitative estimate of drug-likeness (QED) is 0.867. The lowest BCUT2D eigenvalue weighted by atomic mass is 10.1. The second-order valence-electron chi connectivity index (χ2n) is 5.54. The average Bonchev–Trinajstić information content (AvgIpc) is 3.10. The van der Waals surface area contributed by atoms with E-state index in [0.717, 1.165) is 31.0 Å². The summed E-state index contributed by atoms with van der Waals surface area (Å²) in [6.07, 6.45) is 2.82. The van der Waals surface area contributed by atoms with Crippen LogP contribution in [-0.4, -0.2) is 30.0 Å². The molecule has 1 atom stereocenters. The normalized spacial score (nSPS) is 18.2. The molecule has 1 fully saturated rings. The smallest absolute Gasteiger partial charge is 0.289 e. The highest BCUT2D eigenvalue weighted by Crippen LogP contribution is 2.19. The topological polar surface area (TPSA) is 42.7 Å².